The molecule has 1 saturated heterocycles. The molecule has 0 bridgehead atoms. The minimum Gasteiger partial charge on any atom is -0.263 e. The van der Waals surface area contributed by atoms with Crippen molar-refractivity contribution < 1.29 is 8.42 Å². The fourth-order valence-electron chi connectivity index (χ4n) is 2.62. The number of nitrogens with zero attached hydrogens (tertiary/aromatic N) is 2. The number of hydrogen-bond acceptors (Lipinski definition) is 4. The summed E-state index contributed by atoms with van der Waals surface area (Å²) < 4.78 is 27.0. The second kappa shape index (κ2) is 7.21. The lowest BCUT2D eigenvalue weighted by Crippen LogP contribution is -2.33. The van der Waals surface area contributed by atoms with Crippen molar-refractivity contribution in [3.8, 4) is 0 Å². The fourth-order valence-corrected chi connectivity index (χ4v) is 5.76. The molecule has 2 aromatic rings. The van der Waals surface area contributed by atoms with Gasteiger partial charge in [0.15, 0.2) is 0 Å². The van der Waals surface area contributed by atoms with Crippen LogP contribution in [-0.4, -0.2) is 36.5 Å². The minimum absolute atomic E-state index is 0.220. The monoisotopic (exact) mass is 368 g/mol. The third-order valence-electron chi connectivity index (χ3n) is 3.82. The van der Waals surface area contributed by atoms with Gasteiger partial charge in [0.05, 0.1) is 0 Å². The Labute approximate surface area is 145 Å². The number of benzene rings is 1. The maximum atomic E-state index is 12.7. The summed E-state index contributed by atoms with van der Waals surface area (Å²) >= 11 is 8.04. The minimum atomic E-state index is -3.48. The third kappa shape index (κ3) is 3.71. The molecule has 1 aliphatic heterocycles. The van der Waals surface area contributed by atoms with Crippen LogP contribution in [0.1, 0.15) is 17.2 Å². The van der Waals surface area contributed by atoms with Crippen molar-refractivity contribution in [3.05, 3.63) is 59.4 Å². The van der Waals surface area contributed by atoms with Crippen LogP contribution >= 0.6 is 23.4 Å². The van der Waals surface area contributed by atoms with Crippen LogP contribution in [0, 0.1) is 0 Å². The summed E-state index contributed by atoms with van der Waals surface area (Å²) in [7, 11) is -3.48. The van der Waals surface area contributed by atoms with Crippen molar-refractivity contribution >= 4 is 33.4 Å². The molecule has 0 aliphatic carbocycles. The average Bonchev–Trinajstić information content (AvgIpc) is 2.83. The molecule has 0 spiro atoms. The van der Waals surface area contributed by atoms with Crippen molar-refractivity contribution in [2.45, 2.75) is 16.6 Å². The Morgan fingerprint density at radius 1 is 1.17 bits per heavy atom. The lowest BCUT2D eigenvalue weighted by molar-refractivity contribution is 0.428. The first-order valence-electron chi connectivity index (χ1n) is 7.35. The number of rotatable bonds is 3. The average molecular weight is 369 g/mol. The van der Waals surface area contributed by atoms with Crippen LogP contribution in [0.3, 0.4) is 0 Å². The van der Waals surface area contributed by atoms with Crippen molar-refractivity contribution in [1.82, 2.24) is 9.29 Å². The Bertz CT molecular complexity index is 769. The molecular formula is C16H17ClN2O2S2. The normalized spacial score (nSPS) is 20.1. The molecule has 0 radical (unpaired) electrons. The zero-order valence-electron chi connectivity index (χ0n) is 12.4. The Hall–Kier alpha value is -1.08. The lowest BCUT2D eigenvalue weighted by atomic mass is 10.1. The molecule has 3 rings (SSSR count). The Morgan fingerprint density at radius 2 is 2.00 bits per heavy atom. The zero-order valence-corrected chi connectivity index (χ0v) is 14.8. The number of hydrogen-bond donors (Lipinski definition) is 0. The highest BCUT2D eigenvalue weighted by Crippen LogP contribution is 2.38. The van der Waals surface area contributed by atoms with Gasteiger partial charge in [-0.05, 0) is 30.2 Å². The van der Waals surface area contributed by atoms with Gasteiger partial charge in [0.1, 0.15) is 4.90 Å². The first kappa shape index (κ1) is 16.8. The van der Waals surface area contributed by atoms with E-state index in [9.17, 15) is 8.42 Å². The highest BCUT2D eigenvalue weighted by molar-refractivity contribution is 7.99. The summed E-state index contributed by atoms with van der Waals surface area (Å²) in [4.78, 5) is 4.17. The van der Waals surface area contributed by atoms with Crippen LogP contribution in [0.25, 0.3) is 0 Å². The van der Waals surface area contributed by atoms with Gasteiger partial charge in [-0.1, -0.05) is 29.8 Å². The molecule has 1 atom stereocenters. The Kier molecular flexibility index (Phi) is 5.26. The first-order valence-corrected chi connectivity index (χ1v) is 10.2. The molecule has 1 aromatic carbocycles. The van der Waals surface area contributed by atoms with E-state index in [1.165, 1.54) is 6.20 Å². The van der Waals surface area contributed by atoms with Gasteiger partial charge < -0.3 is 0 Å². The molecule has 0 amide bonds. The SMILES string of the molecule is O=S(=O)(c1cccnc1)N1CCS[C@H](c2ccccc2Cl)CC1. The van der Waals surface area contributed by atoms with Crippen LogP contribution < -0.4 is 0 Å². The number of sulfonamides is 1. The third-order valence-corrected chi connectivity index (χ3v) is 7.36. The summed E-state index contributed by atoms with van der Waals surface area (Å²) in [5, 5.41) is 0.964. The van der Waals surface area contributed by atoms with Gasteiger partial charge in [0, 0.05) is 41.5 Å². The van der Waals surface area contributed by atoms with Crippen LogP contribution in [0.15, 0.2) is 53.7 Å². The van der Waals surface area contributed by atoms with E-state index in [4.69, 9.17) is 11.6 Å². The van der Waals surface area contributed by atoms with E-state index >= 15 is 0 Å². The highest BCUT2D eigenvalue weighted by atomic mass is 35.5. The fraction of sp³-hybridized carbons (Fsp3) is 0.312. The van der Waals surface area contributed by atoms with E-state index in [1.807, 2.05) is 24.3 Å². The molecule has 0 saturated carbocycles. The largest absolute Gasteiger partial charge is 0.263 e. The van der Waals surface area contributed by atoms with Gasteiger partial charge in [0.2, 0.25) is 10.0 Å². The van der Waals surface area contributed by atoms with E-state index in [0.717, 1.165) is 22.8 Å². The van der Waals surface area contributed by atoms with Crippen LogP contribution in [0.4, 0.5) is 0 Å². The zero-order chi connectivity index (χ0) is 16.3. The quantitative estimate of drug-likeness (QED) is 0.830. The molecule has 7 heteroatoms. The van der Waals surface area contributed by atoms with Gasteiger partial charge in [-0.25, -0.2) is 8.42 Å². The molecule has 23 heavy (non-hydrogen) atoms. The first-order chi connectivity index (χ1) is 11.1. The predicted octanol–water partition coefficient (Wildman–Crippen LogP) is 3.60. The van der Waals surface area contributed by atoms with Crippen molar-refractivity contribution in [3.63, 3.8) is 0 Å². The van der Waals surface area contributed by atoms with Crippen molar-refractivity contribution in [2.75, 3.05) is 18.8 Å². The number of halogens is 1. The molecule has 0 unspecified atom stereocenters. The maximum absolute atomic E-state index is 12.7. The van der Waals surface area contributed by atoms with Crippen LogP contribution in [0.5, 0.6) is 0 Å². The number of pyridine rings is 1. The molecule has 1 fully saturated rings. The Morgan fingerprint density at radius 3 is 2.74 bits per heavy atom. The highest BCUT2D eigenvalue weighted by Gasteiger charge is 2.28. The number of aromatic nitrogens is 1. The van der Waals surface area contributed by atoms with Gasteiger partial charge in [-0.15, -0.1) is 0 Å². The van der Waals surface area contributed by atoms with E-state index in [-0.39, 0.29) is 10.1 Å². The Balaban J connectivity index is 1.78. The number of thioether (sulfide) groups is 1. The van der Waals surface area contributed by atoms with Crippen molar-refractivity contribution in [2.24, 2.45) is 0 Å². The van der Waals surface area contributed by atoms with E-state index in [1.54, 1.807) is 34.4 Å². The van der Waals surface area contributed by atoms with E-state index in [0.29, 0.717) is 13.1 Å². The summed E-state index contributed by atoms with van der Waals surface area (Å²) in [6.45, 7) is 0.989. The van der Waals surface area contributed by atoms with Gasteiger partial charge >= 0.3 is 0 Å². The second-order valence-electron chi connectivity index (χ2n) is 5.26. The van der Waals surface area contributed by atoms with E-state index < -0.39 is 10.0 Å². The molecule has 1 aromatic heterocycles. The smallest absolute Gasteiger partial charge is 0.244 e. The summed E-state index contributed by atoms with van der Waals surface area (Å²) in [6, 6.07) is 11.0. The second-order valence-corrected chi connectivity index (χ2v) is 8.92. The molecule has 122 valence electrons. The van der Waals surface area contributed by atoms with Crippen LogP contribution in [-0.2, 0) is 10.0 Å². The van der Waals surface area contributed by atoms with E-state index in [2.05, 4.69) is 4.98 Å². The van der Waals surface area contributed by atoms with Gasteiger partial charge in [0.25, 0.3) is 0 Å². The maximum Gasteiger partial charge on any atom is 0.244 e. The molecule has 0 N–H and O–H groups in total. The summed E-state index contributed by atoms with van der Waals surface area (Å²) in [5.74, 6) is 0.745. The van der Waals surface area contributed by atoms with Crippen LogP contribution in [0.2, 0.25) is 5.02 Å². The molecular weight excluding hydrogens is 352 g/mol. The molecule has 1 aliphatic rings. The van der Waals surface area contributed by atoms with Crippen molar-refractivity contribution in [1.29, 1.82) is 0 Å². The molecule has 2 heterocycles. The standard InChI is InChI=1S/C16H17ClN2O2S2/c17-15-6-2-1-5-14(15)16-7-9-19(10-11-22-16)23(20,21)13-4-3-8-18-12-13/h1-6,8,12,16H,7,9-11H2/t16-/m0/s1. The van der Waals surface area contributed by atoms with Gasteiger partial charge in [-0.3, -0.25) is 4.98 Å². The topological polar surface area (TPSA) is 50.3 Å². The lowest BCUT2D eigenvalue weighted by Gasteiger charge is -2.20. The predicted molar refractivity (Wildman–Crippen MR) is 94.3 cm³/mol. The summed E-state index contributed by atoms with van der Waals surface area (Å²) in [5.41, 5.74) is 1.08. The molecule has 4 nitrogen and oxygen atoms in total. The summed E-state index contributed by atoms with van der Waals surface area (Å²) in [6.07, 6.45) is 3.72. The van der Waals surface area contributed by atoms with Gasteiger partial charge in [-0.2, -0.15) is 16.1 Å².